The third kappa shape index (κ3) is 36.8. The third-order valence-corrected chi connectivity index (χ3v) is 10.0. The monoisotopic (exact) mass is 706 g/mol. The van der Waals surface area contributed by atoms with Crippen molar-refractivity contribution >= 4 is 13.8 Å². The summed E-state index contributed by atoms with van der Waals surface area (Å²) in [6.07, 6.45) is 38.0. The smallest absolute Gasteiger partial charge is 0.457 e. The van der Waals surface area contributed by atoms with Gasteiger partial charge >= 0.3 is 13.8 Å². The lowest BCUT2D eigenvalue weighted by Crippen LogP contribution is -2.28. The Morgan fingerprint density at radius 1 is 0.542 bits per heavy atom. The molecule has 0 aromatic carbocycles. The first-order chi connectivity index (χ1) is 23.4. The number of phosphoric ester groups is 1. The molecule has 0 fully saturated rings. The van der Waals surface area contributed by atoms with E-state index >= 15 is 0 Å². The van der Waals surface area contributed by atoms with Gasteiger partial charge in [0.25, 0.3) is 0 Å². The Kier molecular flexibility index (Phi) is 37.4. The average Bonchev–Trinajstić information content (AvgIpc) is 3.07. The Bertz CT molecular complexity index is 712. The van der Waals surface area contributed by atoms with Crippen LogP contribution in [-0.4, -0.2) is 49.9 Å². The largest absolute Gasteiger partial charge is 0.472 e. The van der Waals surface area contributed by atoms with E-state index < -0.39 is 13.9 Å². The van der Waals surface area contributed by atoms with E-state index in [1.54, 1.807) is 0 Å². The van der Waals surface area contributed by atoms with Gasteiger partial charge in [-0.2, -0.15) is 0 Å². The normalized spacial score (nSPS) is 13.5. The SMILES string of the molecule is CCCCCCCCCCCCCCCCCCCCCCCCCCCCOCC(COP(=O)(O)OCCN)OC(=O)CCCCC. The minimum Gasteiger partial charge on any atom is -0.457 e. The van der Waals surface area contributed by atoms with Gasteiger partial charge in [0.2, 0.25) is 0 Å². The van der Waals surface area contributed by atoms with E-state index in [1.165, 1.54) is 154 Å². The molecule has 0 saturated carbocycles. The second-order valence-electron chi connectivity index (χ2n) is 13.9. The lowest BCUT2D eigenvalue weighted by molar-refractivity contribution is -0.154. The first-order valence-corrected chi connectivity index (χ1v) is 22.0. The molecule has 8 nitrogen and oxygen atoms in total. The van der Waals surface area contributed by atoms with Crippen LogP contribution in [0.3, 0.4) is 0 Å². The number of unbranched alkanes of at least 4 members (excludes halogenated alkanes) is 27. The standard InChI is InChI=1S/C39H80NO7P/c1-3-5-7-8-9-10-11-12-13-14-15-16-17-18-19-20-21-22-23-24-25-26-27-28-29-31-34-44-36-38(47-39(41)32-30-6-4-2)37-46-48(42,43)45-35-33-40/h38H,3-37,40H2,1-2H3,(H,42,43). The van der Waals surface area contributed by atoms with E-state index in [0.717, 1.165) is 32.1 Å². The summed E-state index contributed by atoms with van der Waals surface area (Å²) < 4.78 is 32.9. The highest BCUT2D eigenvalue weighted by Crippen LogP contribution is 2.43. The number of carbonyl (C=O) groups is 1. The molecule has 9 heteroatoms. The molecule has 0 aromatic heterocycles. The van der Waals surface area contributed by atoms with Gasteiger partial charge in [-0.1, -0.05) is 187 Å². The fourth-order valence-electron chi connectivity index (χ4n) is 6.00. The first kappa shape index (κ1) is 47.5. The molecule has 0 radical (unpaired) electrons. The summed E-state index contributed by atoms with van der Waals surface area (Å²) in [5.41, 5.74) is 5.32. The molecule has 48 heavy (non-hydrogen) atoms. The highest BCUT2D eigenvalue weighted by molar-refractivity contribution is 7.47. The van der Waals surface area contributed by atoms with Crippen molar-refractivity contribution in [3.8, 4) is 0 Å². The predicted molar refractivity (Wildman–Crippen MR) is 201 cm³/mol. The second kappa shape index (κ2) is 37.7. The predicted octanol–water partition coefficient (Wildman–Crippen LogP) is 11.7. The zero-order valence-corrected chi connectivity index (χ0v) is 32.6. The molecule has 0 amide bonds. The highest BCUT2D eigenvalue weighted by Gasteiger charge is 2.25. The van der Waals surface area contributed by atoms with Crippen molar-refractivity contribution in [3.05, 3.63) is 0 Å². The molecule has 0 spiro atoms. The van der Waals surface area contributed by atoms with Crippen LogP contribution >= 0.6 is 7.82 Å². The fraction of sp³-hybridized carbons (Fsp3) is 0.974. The Morgan fingerprint density at radius 3 is 1.31 bits per heavy atom. The van der Waals surface area contributed by atoms with Crippen LogP contribution in [0.4, 0.5) is 0 Å². The number of carbonyl (C=O) groups excluding carboxylic acids is 1. The van der Waals surface area contributed by atoms with Crippen molar-refractivity contribution in [2.75, 3.05) is 33.0 Å². The molecular formula is C39H80NO7P. The van der Waals surface area contributed by atoms with Crippen molar-refractivity contribution in [1.82, 2.24) is 0 Å². The Hall–Kier alpha value is -0.500. The van der Waals surface area contributed by atoms with Gasteiger partial charge < -0.3 is 20.1 Å². The summed E-state index contributed by atoms with van der Waals surface area (Å²) in [7, 11) is -4.25. The molecule has 0 aliphatic rings. The molecule has 2 unspecified atom stereocenters. The van der Waals surface area contributed by atoms with Crippen molar-refractivity contribution in [2.24, 2.45) is 5.73 Å². The van der Waals surface area contributed by atoms with Crippen LogP contribution in [0.1, 0.15) is 206 Å². The zero-order valence-electron chi connectivity index (χ0n) is 31.7. The van der Waals surface area contributed by atoms with Gasteiger partial charge in [-0.25, -0.2) is 4.57 Å². The van der Waals surface area contributed by atoms with Crippen molar-refractivity contribution in [1.29, 1.82) is 0 Å². The van der Waals surface area contributed by atoms with Gasteiger partial charge in [0.05, 0.1) is 19.8 Å². The third-order valence-electron chi connectivity index (χ3n) is 9.02. The minimum atomic E-state index is -4.25. The summed E-state index contributed by atoms with van der Waals surface area (Å²) in [5, 5.41) is 0. The van der Waals surface area contributed by atoms with Crippen molar-refractivity contribution in [3.63, 3.8) is 0 Å². The number of hydrogen-bond acceptors (Lipinski definition) is 7. The first-order valence-electron chi connectivity index (χ1n) is 20.5. The van der Waals surface area contributed by atoms with E-state index in [9.17, 15) is 14.3 Å². The fourth-order valence-corrected chi connectivity index (χ4v) is 6.76. The molecule has 0 rings (SSSR count). The van der Waals surface area contributed by atoms with Crippen LogP contribution in [0.25, 0.3) is 0 Å². The van der Waals surface area contributed by atoms with E-state index in [2.05, 4.69) is 13.8 Å². The van der Waals surface area contributed by atoms with Crippen LogP contribution in [0.2, 0.25) is 0 Å². The van der Waals surface area contributed by atoms with Crippen LogP contribution in [0.5, 0.6) is 0 Å². The van der Waals surface area contributed by atoms with Gasteiger partial charge in [-0.05, 0) is 12.8 Å². The number of esters is 1. The zero-order chi connectivity index (χ0) is 35.2. The molecule has 0 aliphatic heterocycles. The summed E-state index contributed by atoms with van der Waals surface area (Å²) in [5.74, 6) is -0.350. The quantitative estimate of drug-likeness (QED) is 0.0367. The summed E-state index contributed by atoms with van der Waals surface area (Å²) >= 11 is 0. The van der Waals surface area contributed by atoms with Crippen molar-refractivity contribution in [2.45, 2.75) is 213 Å². The van der Waals surface area contributed by atoms with E-state index in [0.29, 0.717) is 13.0 Å². The van der Waals surface area contributed by atoms with Gasteiger partial charge in [0.15, 0.2) is 0 Å². The van der Waals surface area contributed by atoms with E-state index in [4.69, 9.17) is 24.3 Å². The van der Waals surface area contributed by atoms with Crippen molar-refractivity contribution < 1.29 is 32.8 Å². The summed E-state index contributed by atoms with van der Waals surface area (Å²) in [4.78, 5) is 21.9. The maximum atomic E-state index is 12.2. The van der Waals surface area contributed by atoms with Crippen LogP contribution in [0.15, 0.2) is 0 Å². The van der Waals surface area contributed by atoms with E-state index in [1.807, 2.05) is 0 Å². The summed E-state index contributed by atoms with van der Waals surface area (Å²) in [6.45, 7) is 4.79. The molecule has 0 heterocycles. The number of nitrogens with two attached hydrogens (primary N) is 1. The van der Waals surface area contributed by atoms with Gasteiger partial charge in [-0.3, -0.25) is 13.8 Å². The lowest BCUT2D eigenvalue weighted by atomic mass is 10.0. The highest BCUT2D eigenvalue weighted by atomic mass is 31.2. The molecule has 288 valence electrons. The maximum Gasteiger partial charge on any atom is 0.472 e. The second-order valence-corrected chi connectivity index (χ2v) is 15.3. The molecule has 3 N–H and O–H groups in total. The Labute approximate surface area is 297 Å². The van der Waals surface area contributed by atoms with Crippen LogP contribution < -0.4 is 5.73 Å². The molecule has 0 saturated heterocycles. The number of rotatable bonds is 40. The summed E-state index contributed by atoms with van der Waals surface area (Å²) in [6, 6.07) is 0. The molecular weight excluding hydrogens is 625 g/mol. The Balaban J connectivity index is 3.58. The average molecular weight is 706 g/mol. The van der Waals surface area contributed by atoms with E-state index in [-0.39, 0.29) is 32.3 Å². The number of phosphoric acid groups is 1. The van der Waals surface area contributed by atoms with Crippen LogP contribution in [-0.2, 0) is 27.9 Å². The van der Waals surface area contributed by atoms with Gasteiger partial charge in [0.1, 0.15) is 6.10 Å². The topological polar surface area (TPSA) is 117 Å². The van der Waals surface area contributed by atoms with Crippen LogP contribution in [0, 0.1) is 0 Å². The molecule has 0 bridgehead atoms. The molecule has 0 aliphatic carbocycles. The number of hydrogen-bond donors (Lipinski definition) is 2. The molecule has 0 aromatic rings. The lowest BCUT2D eigenvalue weighted by Gasteiger charge is -2.20. The van der Waals surface area contributed by atoms with Gasteiger partial charge in [0, 0.05) is 19.6 Å². The van der Waals surface area contributed by atoms with Gasteiger partial charge in [-0.15, -0.1) is 0 Å². The Morgan fingerprint density at radius 2 is 0.917 bits per heavy atom. The maximum absolute atomic E-state index is 12.2. The minimum absolute atomic E-state index is 0.0919. The molecule has 2 atom stereocenters. The number of ether oxygens (including phenoxy) is 2.